The molecule has 0 amide bonds. The molecule has 7 nitrogen and oxygen atoms in total. The number of carboxylic acids is 1. The van der Waals surface area contributed by atoms with Crippen molar-refractivity contribution in [2.45, 2.75) is 17.5 Å². The largest absolute Gasteiger partial charge is 0.497 e. The van der Waals surface area contributed by atoms with Gasteiger partial charge in [-0.2, -0.15) is 0 Å². The van der Waals surface area contributed by atoms with Crippen LogP contribution < -0.4 is 14.4 Å². The first kappa shape index (κ1) is 17.2. The number of sulfonamides is 1. The highest BCUT2D eigenvalue weighted by atomic mass is 32.2. The minimum absolute atomic E-state index is 0.0779. The van der Waals surface area contributed by atoms with Crippen molar-refractivity contribution >= 4 is 21.7 Å². The molecule has 1 aliphatic heterocycles. The molecule has 1 aliphatic rings. The Labute approximate surface area is 145 Å². The van der Waals surface area contributed by atoms with Crippen LogP contribution in [0.15, 0.2) is 53.4 Å². The van der Waals surface area contributed by atoms with Crippen LogP contribution in [-0.4, -0.2) is 39.2 Å². The first-order chi connectivity index (χ1) is 11.9. The van der Waals surface area contributed by atoms with Gasteiger partial charge in [0.1, 0.15) is 11.8 Å². The molecule has 0 fully saturated rings. The summed E-state index contributed by atoms with van der Waals surface area (Å²) in [6.07, 6.45) is 0. The number of aliphatic carboxylic acids is 1. The van der Waals surface area contributed by atoms with Crippen LogP contribution in [0.3, 0.4) is 0 Å². The minimum atomic E-state index is -3.92. The van der Waals surface area contributed by atoms with Gasteiger partial charge in [0, 0.05) is 6.54 Å². The van der Waals surface area contributed by atoms with Crippen molar-refractivity contribution in [1.82, 2.24) is 5.32 Å². The maximum atomic E-state index is 13.1. The van der Waals surface area contributed by atoms with Gasteiger partial charge in [0.05, 0.1) is 24.2 Å². The number of nitrogens with one attached hydrogen (secondary N) is 1. The van der Waals surface area contributed by atoms with Gasteiger partial charge in [0.2, 0.25) is 0 Å². The fourth-order valence-corrected chi connectivity index (χ4v) is 4.25. The molecule has 0 saturated heterocycles. The zero-order valence-electron chi connectivity index (χ0n) is 13.5. The molecule has 0 aliphatic carbocycles. The SMILES string of the molecule is COc1ccc(S(=O)(=O)N2CC(C(=O)O)NCc3ccccc32)cc1. The van der Waals surface area contributed by atoms with Crippen molar-refractivity contribution in [2.24, 2.45) is 0 Å². The van der Waals surface area contributed by atoms with E-state index >= 15 is 0 Å². The van der Waals surface area contributed by atoms with Crippen LogP contribution in [0.2, 0.25) is 0 Å². The predicted octanol–water partition coefficient (Wildman–Crippen LogP) is 1.45. The van der Waals surface area contributed by atoms with Gasteiger partial charge in [-0.3, -0.25) is 14.4 Å². The third-order valence-electron chi connectivity index (χ3n) is 4.09. The Kier molecular flexibility index (Phi) is 4.65. The molecule has 1 heterocycles. The summed E-state index contributed by atoms with van der Waals surface area (Å²) in [6.45, 7) is 0.0858. The van der Waals surface area contributed by atoms with Crippen molar-refractivity contribution in [1.29, 1.82) is 0 Å². The van der Waals surface area contributed by atoms with Crippen molar-refractivity contribution in [3.63, 3.8) is 0 Å². The van der Waals surface area contributed by atoms with Crippen LogP contribution >= 0.6 is 0 Å². The molecule has 0 spiro atoms. The molecule has 3 rings (SSSR count). The second-order valence-electron chi connectivity index (χ2n) is 5.61. The summed E-state index contributed by atoms with van der Waals surface area (Å²) in [5.41, 5.74) is 1.21. The molecule has 25 heavy (non-hydrogen) atoms. The van der Waals surface area contributed by atoms with Gasteiger partial charge in [0.25, 0.3) is 10.0 Å². The molecule has 132 valence electrons. The van der Waals surface area contributed by atoms with Crippen LogP contribution in [0.1, 0.15) is 5.56 Å². The monoisotopic (exact) mass is 362 g/mol. The van der Waals surface area contributed by atoms with Crippen molar-refractivity contribution in [3.05, 3.63) is 54.1 Å². The second kappa shape index (κ2) is 6.73. The summed E-state index contributed by atoms with van der Waals surface area (Å²) in [4.78, 5) is 11.5. The number of carbonyl (C=O) groups is 1. The van der Waals surface area contributed by atoms with E-state index in [-0.39, 0.29) is 18.0 Å². The Balaban J connectivity index is 2.08. The van der Waals surface area contributed by atoms with Crippen LogP contribution in [-0.2, 0) is 21.4 Å². The number of benzene rings is 2. The lowest BCUT2D eigenvalue weighted by atomic mass is 10.2. The van der Waals surface area contributed by atoms with E-state index in [0.717, 1.165) is 9.87 Å². The van der Waals surface area contributed by atoms with E-state index in [9.17, 15) is 18.3 Å². The molecule has 2 N–H and O–H groups in total. The average Bonchev–Trinajstić information content (AvgIpc) is 2.82. The normalized spacial score (nSPS) is 17.5. The van der Waals surface area contributed by atoms with E-state index in [4.69, 9.17) is 4.74 Å². The predicted molar refractivity (Wildman–Crippen MR) is 92.2 cm³/mol. The van der Waals surface area contributed by atoms with E-state index < -0.39 is 22.0 Å². The van der Waals surface area contributed by atoms with Gasteiger partial charge in [-0.05, 0) is 35.9 Å². The second-order valence-corrected chi connectivity index (χ2v) is 7.47. The van der Waals surface area contributed by atoms with E-state index in [1.54, 1.807) is 36.4 Å². The molecule has 0 saturated carbocycles. The molecule has 8 heteroatoms. The Bertz CT molecular complexity index is 880. The van der Waals surface area contributed by atoms with E-state index in [1.165, 1.54) is 19.2 Å². The summed E-state index contributed by atoms with van der Waals surface area (Å²) in [5, 5.41) is 12.2. The zero-order chi connectivity index (χ0) is 18.0. The fourth-order valence-electron chi connectivity index (χ4n) is 2.73. The lowest BCUT2D eigenvalue weighted by Crippen LogP contribution is -2.45. The fraction of sp³-hybridized carbons (Fsp3) is 0.235. The highest BCUT2D eigenvalue weighted by molar-refractivity contribution is 7.92. The van der Waals surface area contributed by atoms with Crippen LogP contribution in [0.25, 0.3) is 0 Å². The Morgan fingerprint density at radius 1 is 1.20 bits per heavy atom. The Hall–Kier alpha value is -2.58. The van der Waals surface area contributed by atoms with Crippen molar-refractivity contribution in [2.75, 3.05) is 18.0 Å². The third kappa shape index (κ3) is 3.31. The van der Waals surface area contributed by atoms with Crippen LogP contribution in [0.5, 0.6) is 5.75 Å². The van der Waals surface area contributed by atoms with Gasteiger partial charge in [0.15, 0.2) is 0 Å². The maximum Gasteiger partial charge on any atom is 0.322 e. The van der Waals surface area contributed by atoms with Gasteiger partial charge < -0.3 is 9.84 Å². The molecule has 0 radical (unpaired) electrons. The molecule has 1 atom stereocenters. The summed E-state index contributed by atoms with van der Waals surface area (Å²) in [5.74, 6) is -0.553. The highest BCUT2D eigenvalue weighted by Crippen LogP contribution is 2.30. The summed E-state index contributed by atoms with van der Waals surface area (Å²) in [7, 11) is -2.42. The Morgan fingerprint density at radius 3 is 2.52 bits per heavy atom. The molecule has 2 aromatic rings. The minimum Gasteiger partial charge on any atom is -0.497 e. The smallest absolute Gasteiger partial charge is 0.322 e. The van der Waals surface area contributed by atoms with Crippen LogP contribution in [0, 0.1) is 0 Å². The van der Waals surface area contributed by atoms with E-state index in [2.05, 4.69) is 5.32 Å². The van der Waals surface area contributed by atoms with Crippen molar-refractivity contribution < 1.29 is 23.1 Å². The topological polar surface area (TPSA) is 95.9 Å². The summed E-state index contributed by atoms with van der Waals surface area (Å²) in [6, 6.07) is 12.0. The Morgan fingerprint density at radius 2 is 1.88 bits per heavy atom. The third-order valence-corrected chi connectivity index (χ3v) is 5.89. The number of rotatable bonds is 4. The first-order valence-corrected chi connectivity index (χ1v) is 9.08. The quantitative estimate of drug-likeness (QED) is 0.855. The van der Waals surface area contributed by atoms with Gasteiger partial charge in [-0.25, -0.2) is 8.42 Å². The number of ether oxygens (including phenoxy) is 1. The lowest BCUT2D eigenvalue weighted by molar-refractivity contribution is -0.139. The number of hydrogen-bond acceptors (Lipinski definition) is 5. The lowest BCUT2D eigenvalue weighted by Gasteiger charge is -2.26. The molecule has 0 bridgehead atoms. The average molecular weight is 362 g/mol. The number of methoxy groups -OCH3 is 1. The molecule has 2 aromatic carbocycles. The van der Waals surface area contributed by atoms with E-state index in [1.807, 2.05) is 0 Å². The van der Waals surface area contributed by atoms with Crippen molar-refractivity contribution in [3.8, 4) is 5.75 Å². The standard InChI is InChI=1S/C17H18N2O5S/c1-24-13-6-8-14(9-7-13)25(22,23)19-11-15(17(20)21)18-10-12-4-2-3-5-16(12)19/h2-9,15,18H,10-11H2,1H3,(H,20,21). The number of nitrogens with zero attached hydrogens (tertiary/aromatic N) is 1. The molecule has 0 aromatic heterocycles. The van der Waals surface area contributed by atoms with Gasteiger partial charge in [-0.15, -0.1) is 0 Å². The number of anilines is 1. The number of hydrogen-bond donors (Lipinski definition) is 2. The summed E-state index contributed by atoms with van der Waals surface area (Å²) >= 11 is 0. The highest BCUT2D eigenvalue weighted by Gasteiger charge is 2.33. The van der Waals surface area contributed by atoms with E-state index in [0.29, 0.717) is 11.4 Å². The van der Waals surface area contributed by atoms with Gasteiger partial charge in [-0.1, -0.05) is 18.2 Å². The number of fused-ring (bicyclic) bond motifs is 1. The van der Waals surface area contributed by atoms with Crippen LogP contribution in [0.4, 0.5) is 5.69 Å². The first-order valence-electron chi connectivity index (χ1n) is 7.64. The maximum absolute atomic E-state index is 13.1. The number of carboxylic acid groups (broad SMARTS) is 1. The summed E-state index contributed by atoms with van der Waals surface area (Å²) < 4.78 is 32.5. The molecule has 1 unspecified atom stereocenters. The zero-order valence-corrected chi connectivity index (χ0v) is 14.4. The number of para-hydroxylation sites is 1. The molecular weight excluding hydrogens is 344 g/mol. The van der Waals surface area contributed by atoms with Gasteiger partial charge >= 0.3 is 5.97 Å². The molecular formula is C17H18N2O5S.